The van der Waals surface area contributed by atoms with Gasteiger partial charge < -0.3 is 0 Å². The number of unbranched alkanes of at least 4 members (excludes halogenated alkanes) is 2. The minimum atomic E-state index is 0.149. The van der Waals surface area contributed by atoms with Crippen molar-refractivity contribution in [1.82, 2.24) is 0 Å². The molecule has 68 valence electrons. The predicted molar refractivity (Wildman–Crippen MR) is 62.7 cm³/mol. The van der Waals surface area contributed by atoms with Crippen LogP contribution in [0.15, 0.2) is 0 Å². The summed E-state index contributed by atoms with van der Waals surface area (Å²) in [5, 5.41) is 0. The topological polar surface area (TPSA) is 0 Å². The zero-order chi connectivity index (χ0) is 9.66. The number of hydrogen-bond donors (Lipinski definition) is 0. The molecule has 0 spiro atoms. The first-order valence-electron chi connectivity index (χ1n) is 5.12. The van der Waals surface area contributed by atoms with Gasteiger partial charge in [0.25, 0.3) is 0 Å². The van der Waals surface area contributed by atoms with Crippen molar-refractivity contribution in [2.75, 3.05) is 0 Å². The second-order valence-corrected chi connectivity index (χ2v) is 10.1. The van der Waals surface area contributed by atoms with E-state index in [1.165, 1.54) is 25.7 Å². The van der Waals surface area contributed by atoms with Gasteiger partial charge in [-0.1, -0.05) is 0 Å². The van der Waals surface area contributed by atoms with Crippen molar-refractivity contribution in [1.29, 1.82) is 0 Å². The zero-order valence-electron chi connectivity index (χ0n) is 9.24. The van der Waals surface area contributed by atoms with E-state index in [2.05, 4.69) is 23.7 Å². The Hall–Kier alpha value is 1.60. The Labute approximate surface area is 99.7 Å². The molecule has 12 heavy (non-hydrogen) atoms. The Bertz CT molecular complexity index is 49.8. The van der Waals surface area contributed by atoms with Crippen molar-refractivity contribution >= 4 is 42.3 Å². The Morgan fingerprint density at radius 3 is 1.42 bits per heavy atom. The average molecular weight is 382 g/mol. The molecule has 0 radical (unpaired) electrons. The minimum absolute atomic E-state index is 0.149. The molecule has 0 bridgehead atoms. The third-order valence-electron chi connectivity index (χ3n) is 1.41. The van der Waals surface area contributed by atoms with Crippen molar-refractivity contribution < 1.29 is 0 Å². The molecule has 0 atom stereocenters. The predicted octanol–water partition coefficient (Wildman–Crippen LogP) is 3.91. The summed E-state index contributed by atoms with van der Waals surface area (Å²) in [5.74, 6) is 0. The van der Waals surface area contributed by atoms with E-state index in [0.29, 0.717) is 0 Å². The van der Waals surface area contributed by atoms with E-state index < -0.39 is 0 Å². The maximum absolute atomic E-state index is 2.30. The summed E-state index contributed by atoms with van der Waals surface area (Å²) in [5.41, 5.74) is 0. The summed E-state index contributed by atoms with van der Waals surface area (Å²) < 4.78 is 3.25. The van der Waals surface area contributed by atoms with E-state index in [1.807, 2.05) is 0 Å². The van der Waals surface area contributed by atoms with E-state index in [1.54, 1.807) is 8.87 Å². The molecule has 0 rings (SSSR count). The first-order valence-corrected chi connectivity index (χ1v) is 14.9. The van der Waals surface area contributed by atoms with Crippen LogP contribution in [-0.2, 0) is 0 Å². The summed E-state index contributed by atoms with van der Waals surface area (Å²) in [6.45, 7) is 4.58. The van der Waals surface area contributed by atoms with E-state index >= 15 is 0 Å². The van der Waals surface area contributed by atoms with Gasteiger partial charge >= 0.3 is 101 Å². The van der Waals surface area contributed by atoms with Crippen LogP contribution < -0.4 is 0 Å². The van der Waals surface area contributed by atoms with Gasteiger partial charge in [0.2, 0.25) is 0 Å². The molecule has 0 saturated heterocycles. The van der Waals surface area contributed by atoms with Crippen molar-refractivity contribution in [3.05, 3.63) is 0 Å². The standard InChI is InChI=1S/2C4H9.2CH3.2Sn/c2*1-3-4-2;;;;/h2*1,3-4H2,2H3;2*1H3;;/q;;;;2*+2. The van der Waals surface area contributed by atoms with Gasteiger partial charge in [-0.3, -0.25) is 0 Å². The maximum atomic E-state index is 2.30. The molecule has 0 nitrogen and oxygen atoms in total. The molecule has 0 aromatic rings. The summed E-state index contributed by atoms with van der Waals surface area (Å²) in [6.07, 6.45) is 5.84. The molecule has 0 aliphatic carbocycles. The molecule has 0 heterocycles. The molecule has 0 aromatic carbocycles. The summed E-state index contributed by atoms with van der Waals surface area (Å²) in [4.78, 5) is 4.59. The summed E-state index contributed by atoms with van der Waals surface area (Å²) in [7, 11) is 0. The Kier molecular flexibility index (Phi) is 24.6. The van der Waals surface area contributed by atoms with Crippen molar-refractivity contribution in [3.63, 3.8) is 0 Å². The molecule has 0 aliphatic rings. The fourth-order valence-corrected chi connectivity index (χ4v) is 4.89. The van der Waals surface area contributed by atoms with E-state index in [-0.39, 0.29) is 42.3 Å². The second-order valence-electron chi connectivity index (χ2n) is 2.96. The van der Waals surface area contributed by atoms with Gasteiger partial charge in [-0.2, -0.15) is 0 Å². The fourth-order valence-electron chi connectivity index (χ4n) is 0.729. The van der Waals surface area contributed by atoms with E-state index in [9.17, 15) is 0 Å². The van der Waals surface area contributed by atoms with Gasteiger partial charge in [-0.25, -0.2) is 0 Å². The van der Waals surface area contributed by atoms with E-state index in [0.717, 1.165) is 0 Å². The summed E-state index contributed by atoms with van der Waals surface area (Å²) >= 11 is 0.379. The molecule has 0 aromatic heterocycles. The van der Waals surface area contributed by atoms with Crippen LogP contribution in [0.5, 0.6) is 0 Å². The van der Waals surface area contributed by atoms with Crippen molar-refractivity contribution in [3.8, 4) is 0 Å². The molecule has 0 N–H and O–H groups in total. The Morgan fingerprint density at radius 1 is 0.833 bits per heavy atom. The van der Waals surface area contributed by atoms with Crippen LogP contribution in [0.4, 0.5) is 0 Å². The molecule has 0 fully saturated rings. The molecule has 2 heteroatoms. The van der Waals surface area contributed by atoms with Gasteiger partial charge in [0, 0.05) is 0 Å². The zero-order valence-corrected chi connectivity index (χ0v) is 15.0. The Morgan fingerprint density at radius 2 is 1.17 bits per heavy atom. The van der Waals surface area contributed by atoms with Gasteiger partial charge in [-0.05, 0) is 0 Å². The number of hydrogen-bond acceptors (Lipinski definition) is 0. The molecule has 0 aliphatic heterocycles. The van der Waals surface area contributed by atoms with Crippen LogP contribution >= 0.6 is 0 Å². The van der Waals surface area contributed by atoms with Crippen LogP contribution in [0, 0.1) is 0 Å². The molecule has 0 amide bonds. The normalized spacial score (nSPS) is 7.67. The van der Waals surface area contributed by atoms with Crippen LogP contribution in [0.3, 0.4) is 0 Å². The van der Waals surface area contributed by atoms with Crippen LogP contribution in [0.1, 0.15) is 39.5 Å². The third-order valence-corrected chi connectivity index (χ3v) is 5.45. The SMILES string of the molecule is CCC[CH2][Sn+2][CH2]CCC.[CH3][Sn+2][CH3]. The van der Waals surface area contributed by atoms with E-state index in [4.69, 9.17) is 0 Å². The van der Waals surface area contributed by atoms with Gasteiger partial charge in [-0.15, -0.1) is 0 Å². The second kappa shape index (κ2) is 18.4. The fraction of sp³-hybridized carbons (Fsp3) is 1.00. The monoisotopic (exact) mass is 384 g/mol. The quantitative estimate of drug-likeness (QED) is 0.483. The van der Waals surface area contributed by atoms with Crippen LogP contribution in [0.25, 0.3) is 0 Å². The van der Waals surface area contributed by atoms with Gasteiger partial charge in [0.05, 0.1) is 0 Å². The average Bonchev–Trinajstić information content (AvgIpc) is 2.06. The first-order chi connectivity index (χ1) is 5.83. The summed E-state index contributed by atoms with van der Waals surface area (Å²) in [6, 6.07) is 0. The number of rotatable bonds is 6. The van der Waals surface area contributed by atoms with Crippen molar-refractivity contribution in [2.24, 2.45) is 0 Å². The molecule has 0 saturated carbocycles. The van der Waals surface area contributed by atoms with Gasteiger partial charge in [0.15, 0.2) is 0 Å². The van der Waals surface area contributed by atoms with Crippen LogP contribution in [-0.4, -0.2) is 42.3 Å². The molecular formula is C10H24Sn2+4. The van der Waals surface area contributed by atoms with Gasteiger partial charge in [0.1, 0.15) is 0 Å². The third kappa shape index (κ3) is 22.6. The van der Waals surface area contributed by atoms with Crippen molar-refractivity contribution in [2.45, 2.75) is 58.3 Å². The molecule has 0 unspecified atom stereocenters. The first kappa shape index (κ1) is 16.0. The van der Waals surface area contributed by atoms with Crippen LogP contribution in [0.2, 0.25) is 18.8 Å². The molecular weight excluding hydrogens is 358 g/mol. The Balaban J connectivity index is 0.